The first-order valence-corrected chi connectivity index (χ1v) is 8.23. The molecule has 0 aliphatic carbocycles. The van der Waals surface area contributed by atoms with Crippen molar-refractivity contribution in [2.75, 3.05) is 4.90 Å². The molecule has 1 N–H and O–H groups in total. The second-order valence-electron chi connectivity index (χ2n) is 5.68. The van der Waals surface area contributed by atoms with E-state index in [1.54, 1.807) is 11.8 Å². The first-order valence-electron chi connectivity index (χ1n) is 7.41. The van der Waals surface area contributed by atoms with Gasteiger partial charge >= 0.3 is 6.09 Å². The Bertz CT molecular complexity index is 742. The van der Waals surface area contributed by atoms with E-state index < -0.39 is 12.1 Å². The molecule has 2 heterocycles. The number of hydrogen-bond acceptors (Lipinski definition) is 3. The summed E-state index contributed by atoms with van der Waals surface area (Å²) in [4.78, 5) is 28.4. The van der Waals surface area contributed by atoms with E-state index in [4.69, 9.17) is 0 Å². The summed E-state index contributed by atoms with van der Waals surface area (Å²) in [6, 6.07) is 11.0. The van der Waals surface area contributed by atoms with E-state index in [0.717, 1.165) is 21.0 Å². The molecule has 120 valence electrons. The van der Waals surface area contributed by atoms with Crippen LogP contribution in [0.1, 0.15) is 22.9 Å². The Morgan fingerprint density at radius 1 is 1.35 bits per heavy atom. The van der Waals surface area contributed by atoms with Crippen LogP contribution in [-0.2, 0) is 17.9 Å². The second-order valence-corrected chi connectivity index (χ2v) is 6.92. The van der Waals surface area contributed by atoms with Crippen LogP contribution in [0.4, 0.5) is 9.80 Å². The van der Waals surface area contributed by atoms with Crippen molar-refractivity contribution in [2.45, 2.75) is 33.0 Å². The van der Waals surface area contributed by atoms with Gasteiger partial charge in [-0.3, -0.25) is 14.6 Å². The third-order valence-electron chi connectivity index (χ3n) is 4.02. The standard InChI is InChI=1S/C17H18N2O3S/c1-11-8-14-10-18(17(21)22)12(2)15(20)19(16(14)23-11)9-13-6-4-3-5-7-13/h3-8,12H,9-10H2,1-2H3,(H,21,22). The number of rotatable bonds is 2. The number of carbonyl (C=O) groups excluding carboxylic acids is 1. The van der Waals surface area contributed by atoms with Crippen molar-refractivity contribution >= 4 is 28.3 Å². The van der Waals surface area contributed by atoms with Crippen LogP contribution in [-0.4, -0.2) is 28.0 Å². The summed E-state index contributed by atoms with van der Waals surface area (Å²) in [6.07, 6.45) is -1.07. The molecule has 23 heavy (non-hydrogen) atoms. The van der Waals surface area contributed by atoms with E-state index in [0.29, 0.717) is 6.54 Å². The number of amides is 2. The zero-order valence-electron chi connectivity index (χ0n) is 13.0. The minimum atomic E-state index is -1.07. The highest BCUT2D eigenvalue weighted by Crippen LogP contribution is 2.36. The molecule has 0 saturated heterocycles. The van der Waals surface area contributed by atoms with Gasteiger partial charge in [-0.1, -0.05) is 30.3 Å². The Labute approximate surface area is 138 Å². The van der Waals surface area contributed by atoms with Gasteiger partial charge in [-0.15, -0.1) is 11.3 Å². The number of anilines is 1. The lowest BCUT2D eigenvalue weighted by atomic mass is 10.2. The molecular weight excluding hydrogens is 312 g/mol. The van der Waals surface area contributed by atoms with Gasteiger partial charge < -0.3 is 5.11 Å². The first-order chi connectivity index (χ1) is 11.0. The van der Waals surface area contributed by atoms with E-state index in [1.165, 1.54) is 16.2 Å². The molecule has 2 amide bonds. The molecular formula is C17H18N2O3S. The Hall–Kier alpha value is -2.34. The van der Waals surface area contributed by atoms with Gasteiger partial charge in [0.15, 0.2) is 0 Å². The molecule has 1 atom stereocenters. The lowest BCUT2D eigenvalue weighted by Gasteiger charge is -2.26. The summed E-state index contributed by atoms with van der Waals surface area (Å²) >= 11 is 1.54. The van der Waals surface area contributed by atoms with Gasteiger partial charge in [0.2, 0.25) is 0 Å². The number of aryl methyl sites for hydroxylation is 1. The highest BCUT2D eigenvalue weighted by Gasteiger charge is 2.36. The molecule has 6 heteroatoms. The van der Waals surface area contributed by atoms with Crippen LogP contribution in [0, 0.1) is 6.92 Å². The molecule has 0 saturated carbocycles. The molecule has 1 aliphatic heterocycles. The van der Waals surface area contributed by atoms with Crippen molar-refractivity contribution in [2.24, 2.45) is 0 Å². The average molecular weight is 330 g/mol. The topological polar surface area (TPSA) is 60.9 Å². The van der Waals surface area contributed by atoms with Crippen LogP contribution >= 0.6 is 11.3 Å². The maximum absolute atomic E-state index is 12.9. The van der Waals surface area contributed by atoms with E-state index in [1.807, 2.05) is 43.3 Å². The quantitative estimate of drug-likeness (QED) is 0.917. The highest BCUT2D eigenvalue weighted by atomic mass is 32.1. The van der Waals surface area contributed by atoms with E-state index >= 15 is 0 Å². The van der Waals surface area contributed by atoms with Gasteiger partial charge in [-0.25, -0.2) is 4.79 Å². The molecule has 0 radical (unpaired) electrons. The Kier molecular flexibility index (Phi) is 4.09. The van der Waals surface area contributed by atoms with Crippen molar-refractivity contribution in [1.29, 1.82) is 0 Å². The summed E-state index contributed by atoms with van der Waals surface area (Å²) in [7, 11) is 0. The van der Waals surface area contributed by atoms with Crippen molar-refractivity contribution in [1.82, 2.24) is 4.90 Å². The predicted molar refractivity (Wildman–Crippen MR) is 89.7 cm³/mol. The van der Waals surface area contributed by atoms with Crippen molar-refractivity contribution in [3.8, 4) is 0 Å². The SMILES string of the molecule is Cc1cc2c(s1)N(Cc1ccccc1)C(=O)C(C)N(C(=O)O)C2. The number of nitrogens with zero attached hydrogens (tertiary/aromatic N) is 2. The molecule has 1 aliphatic rings. The summed E-state index contributed by atoms with van der Waals surface area (Å²) in [6.45, 7) is 4.31. The van der Waals surface area contributed by atoms with Gasteiger partial charge in [-0.2, -0.15) is 0 Å². The number of benzene rings is 1. The van der Waals surface area contributed by atoms with E-state index in [-0.39, 0.29) is 12.5 Å². The summed E-state index contributed by atoms with van der Waals surface area (Å²) < 4.78 is 0. The van der Waals surface area contributed by atoms with Crippen LogP contribution in [0.2, 0.25) is 0 Å². The third-order valence-corrected chi connectivity index (χ3v) is 5.13. The van der Waals surface area contributed by atoms with E-state index in [2.05, 4.69) is 0 Å². The first kappa shape index (κ1) is 15.6. The molecule has 3 rings (SSSR count). The lowest BCUT2D eigenvalue weighted by Crippen LogP contribution is -2.46. The predicted octanol–water partition coefficient (Wildman–Crippen LogP) is 3.47. The third kappa shape index (κ3) is 2.94. The maximum Gasteiger partial charge on any atom is 0.408 e. The zero-order chi connectivity index (χ0) is 16.6. The van der Waals surface area contributed by atoms with Crippen LogP contribution in [0.5, 0.6) is 0 Å². The summed E-state index contributed by atoms with van der Waals surface area (Å²) in [5, 5.41) is 10.3. The molecule has 0 fully saturated rings. The van der Waals surface area contributed by atoms with Crippen LogP contribution in [0.3, 0.4) is 0 Å². The minimum absolute atomic E-state index is 0.183. The summed E-state index contributed by atoms with van der Waals surface area (Å²) in [5.74, 6) is -0.183. The number of fused-ring (bicyclic) bond motifs is 1. The molecule has 0 bridgehead atoms. The smallest absolute Gasteiger partial charge is 0.408 e. The van der Waals surface area contributed by atoms with Crippen LogP contribution in [0.25, 0.3) is 0 Å². The number of thiophene rings is 1. The van der Waals surface area contributed by atoms with Crippen molar-refractivity contribution < 1.29 is 14.7 Å². The van der Waals surface area contributed by atoms with Gasteiger partial charge in [0.25, 0.3) is 5.91 Å². The maximum atomic E-state index is 12.9. The zero-order valence-corrected chi connectivity index (χ0v) is 13.8. The van der Waals surface area contributed by atoms with Crippen molar-refractivity contribution in [3.63, 3.8) is 0 Å². The monoisotopic (exact) mass is 330 g/mol. The molecule has 1 aromatic heterocycles. The van der Waals surface area contributed by atoms with Gasteiger partial charge in [-0.05, 0) is 25.5 Å². The normalized spacial score (nSPS) is 17.8. The number of carboxylic acid groups (broad SMARTS) is 1. The van der Waals surface area contributed by atoms with Crippen LogP contribution < -0.4 is 4.90 Å². The average Bonchev–Trinajstić information content (AvgIpc) is 2.86. The molecule has 5 nitrogen and oxygen atoms in total. The molecule has 2 aromatic rings. The largest absolute Gasteiger partial charge is 0.465 e. The molecule has 1 aromatic carbocycles. The fourth-order valence-electron chi connectivity index (χ4n) is 2.82. The second kappa shape index (κ2) is 6.04. The molecule has 1 unspecified atom stereocenters. The summed E-state index contributed by atoms with van der Waals surface area (Å²) in [5.41, 5.74) is 1.91. The van der Waals surface area contributed by atoms with Gasteiger partial charge in [0, 0.05) is 10.4 Å². The number of hydrogen-bond donors (Lipinski definition) is 1. The fourth-order valence-corrected chi connectivity index (χ4v) is 3.85. The highest BCUT2D eigenvalue weighted by molar-refractivity contribution is 7.16. The number of carbonyl (C=O) groups is 2. The fraction of sp³-hybridized carbons (Fsp3) is 0.294. The minimum Gasteiger partial charge on any atom is -0.465 e. The lowest BCUT2D eigenvalue weighted by molar-refractivity contribution is -0.122. The van der Waals surface area contributed by atoms with E-state index in [9.17, 15) is 14.7 Å². The van der Waals surface area contributed by atoms with Gasteiger partial charge in [0.1, 0.15) is 11.0 Å². The Morgan fingerprint density at radius 2 is 2.04 bits per heavy atom. The van der Waals surface area contributed by atoms with Gasteiger partial charge in [0.05, 0.1) is 13.1 Å². The molecule has 0 spiro atoms. The Morgan fingerprint density at radius 3 is 2.70 bits per heavy atom. The van der Waals surface area contributed by atoms with Crippen molar-refractivity contribution in [3.05, 3.63) is 52.4 Å². The van der Waals surface area contributed by atoms with Crippen LogP contribution in [0.15, 0.2) is 36.4 Å². The Balaban J connectivity index is 2.03.